The molecule has 2 unspecified atom stereocenters. The van der Waals surface area contributed by atoms with E-state index in [1.54, 1.807) is 0 Å². The number of carbonyl (C=O) groups excluding carboxylic acids is 1. The largest absolute Gasteiger partial charge is 0.376 e. The van der Waals surface area contributed by atoms with Crippen molar-refractivity contribution in [2.45, 2.75) is 32.0 Å². The molecule has 2 aliphatic rings. The summed E-state index contributed by atoms with van der Waals surface area (Å²) in [6.45, 7) is 5.59. The summed E-state index contributed by atoms with van der Waals surface area (Å²) in [7, 11) is 0. The number of hydrogen-bond acceptors (Lipinski definition) is 6. The Morgan fingerprint density at radius 3 is 3.09 bits per heavy atom. The van der Waals surface area contributed by atoms with Gasteiger partial charge in [0.15, 0.2) is 5.82 Å². The van der Waals surface area contributed by atoms with E-state index in [-0.39, 0.29) is 18.1 Å². The molecular formula is C14H23N5O3. The van der Waals surface area contributed by atoms with Crippen molar-refractivity contribution < 1.29 is 14.3 Å². The maximum absolute atomic E-state index is 12.0. The van der Waals surface area contributed by atoms with Crippen LogP contribution in [0.3, 0.4) is 0 Å². The summed E-state index contributed by atoms with van der Waals surface area (Å²) in [6, 6.07) is 0. The molecule has 1 aromatic heterocycles. The molecule has 8 nitrogen and oxygen atoms in total. The molecule has 0 saturated carbocycles. The first kappa shape index (κ1) is 15.4. The lowest BCUT2D eigenvalue weighted by Crippen LogP contribution is -2.45. The van der Waals surface area contributed by atoms with Crippen molar-refractivity contribution in [1.29, 1.82) is 0 Å². The normalized spacial score (nSPS) is 26.2. The van der Waals surface area contributed by atoms with Gasteiger partial charge in [0.25, 0.3) is 0 Å². The number of aryl methyl sites for hydroxylation is 1. The highest BCUT2D eigenvalue weighted by atomic mass is 16.5. The fraction of sp³-hybridized carbons (Fsp3) is 0.786. The average molecular weight is 309 g/mol. The molecule has 0 spiro atoms. The molecular weight excluding hydrogens is 286 g/mol. The number of amides is 1. The summed E-state index contributed by atoms with van der Waals surface area (Å²) in [5.74, 6) is 1.45. The zero-order chi connectivity index (χ0) is 15.4. The van der Waals surface area contributed by atoms with E-state index in [2.05, 4.69) is 25.4 Å². The minimum atomic E-state index is -0.176. The predicted molar refractivity (Wildman–Crippen MR) is 78.2 cm³/mol. The Morgan fingerprint density at radius 1 is 1.45 bits per heavy atom. The minimum Gasteiger partial charge on any atom is -0.376 e. The molecule has 8 heteroatoms. The Morgan fingerprint density at radius 2 is 2.36 bits per heavy atom. The molecule has 2 saturated heterocycles. The Kier molecular flexibility index (Phi) is 5.01. The van der Waals surface area contributed by atoms with Gasteiger partial charge in [-0.25, -0.2) is 4.98 Å². The molecule has 3 heterocycles. The third kappa shape index (κ3) is 4.02. The summed E-state index contributed by atoms with van der Waals surface area (Å²) in [6.07, 6.45) is 2.12. The molecule has 2 fully saturated rings. The number of aromatic amines is 1. The number of ether oxygens (including phenoxy) is 2. The van der Waals surface area contributed by atoms with Crippen LogP contribution in [-0.4, -0.2) is 71.5 Å². The zero-order valence-electron chi connectivity index (χ0n) is 12.9. The fourth-order valence-corrected chi connectivity index (χ4v) is 2.80. The topological polar surface area (TPSA) is 92.4 Å². The predicted octanol–water partition coefficient (Wildman–Crippen LogP) is -0.218. The van der Waals surface area contributed by atoms with Crippen LogP contribution in [0.4, 0.5) is 0 Å². The van der Waals surface area contributed by atoms with Crippen LogP contribution in [0.15, 0.2) is 0 Å². The van der Waals surface area contributed by atoms with Gasteiger partial charge in [0.2, 0.25) is 5.91 Å². The number of H-pyrrole nitrogens is 1. The van der Waals surface area contributed by atoms with Gasteiger partial charge >= 0.3 is 0 Å². The smallest absolute Gasteiger partial charge is 0.234 e. The summed E-state index contributed by atoms with van der Waals surface area (Å²) in [5, 5.41) is 9.90. The van der Waals surface area contributed by atoms with Crippen LogP contribution in [0.5, 0.6) is 0 Å². The average Bonchev–Trinajstić information content (AvgIpc) is 3.17. The second kappa shape index (κ2) is 7.17. The van der Waals surface area contributed by atoms with Crippen LogP contribution in [-0.2, 0) is 14.3 Å². The molecule has 3 rings (SSSR count). The molecule has 2 aliphatic heterocycles. The van der Waals surface area contributed by atoms with Gasteiger partial charge in [-0.05, 0) is 19.8 Å². The van der Waals surface area contributed by atoms with E-state index < -0.39 is 0 Å². The van der Waals surface area contributed by atoms with Crippen LogP contribution in [0.2, 0.25) is 0 Å². The van der Waals surface area contributed by atoms with Gasteiger partial charge in [0.05, 0.1) is 19.3 Å². The van der Waals surface area contributed by atoms with Gasteiger partial charge in [-0.1, -0.05) is 0 Å². The maximum atomic E-state index is 12.0. The number of nitrogens with one attached hydrogen (secondary N) is 2. The number of morpholine rings is 1. The van der Waals surface area contributed by atoms with Crippen molar-refractivity contribution in [2.24, 2.45) is 0 Å². The number of hydrogen-bond donors (Lipinski definition) is 2. The van der Waals surface area contributed by atoms with Gasteiger partial charge < -0.3 is 14.8 Å². The molecule has 122 valence electrons. The number of nitrogens with zero attached hydrogens (tertiary/aromatic N) is 3. The molecule has 0 aliphatic carbocycles. The first-order valence-electron chi connectivity index (χ1n) is 7.82. The number of carbonyl (C=O) groups is 1. The van der Waals surface area contributed by atoms with Crippen molar-refractivity contribution in [3.8, 4) is 0 Å². The minimum absolute atomic E-state index is 0.0299. The standard InChI is InChI=1S/C14H23N5O3/c1-10-16-14(18-17-10)12-8-19(4-6-22-12)9-13(20)15-7-11-3-2-5-21-11/h11-12H,2-9H2,1H3,(H,15,20)(H,16,17,18). The van der Waals surface area contributed by atoms with Crippen LogP contribution in [0, 0.1) is 6.92 Å². The van der Waals surface area contributed by atoms with Crippen LogP contribution >= 0.6 is 0 Å². The Labute approximate surface area is 129 Å². The molecule has 1 aromatic rings. The van der Waals surface area contributed by atoms with Crippen molar-refractivity contribution in [3.05, 3.63) is 11.6 Å². The van der Waals surface area contributed by atoms with E-state index in [4.69, 9.17) is 9.47 Å². The SMILES string of the molecule is Cc1nc(C2CN(CC(=O)NCC3CCCO3)CCO2)n[nH]1. The summed E-state index contributed by atoms with van der Waals surface area (Å²) in [4.78, 5) is 18.4. The van der Waals surface area contributed by atoms with Gasteiger partial charge in [0, 0.05) is 26.2 Å². The van der Waals surface area contributed by atoms with Crippen LogP contribution in [0.1, 0.15) is 30.6 Å². The second-order valence-corrected chi connectivity index (χ2v) is 5.81. The van der Waals surface area contributed by atoms with Gasteiger partial charge in [-0.3, -0.25) is 14.8 Å². The van der Waals surface area contributed by atoms with Crippen molar-refractivity contribution in [3.63, 3.8) is 0 Å². The molecule has 22 heavy (non-hydrogen) atoms. The van der Waals surface area contributed by atoms with Crippen molar-refractivity contribution >= 4 is 5.91 Å². The Hall–Kier alpha value is -1.51. The van der Waals surface area contributed by atoms with Gasteiger partial charge in [-0.15, -0.1) is 0 Å². The maximum Gasteiger partial charge on any atom is 0.234 e. The first-order chi connectivity index (χ1) is 10.7. The fourth-order valence-electron chi connectivity index (χ4n) is 2.80. The molecule has 0 aromatic carbocycles. The molecule has 1 amide bonds. The molecule has 2 atom stereocenters. The van der Waals surface area contributed by atoms with E-state index in [0.29, 0.717) is 32.1 Å². The lowest BCUT2D eigenvalue weighted by Gasteiger charge is -2.31. The molecule has 2 N–H and O–H groups in total. The third-order valence-electron chi connectivity index (χ3n) is 3.97. The van der Waals surface area contributed by atoms with E-state index in [9.17, 15) is 4.79 Å². The van der Waals surface area contributed by atoms with Gasteiger partial charge in [-0.2, -0.15) is 5.10 Å². The number of aromatic nitrogens is 3. The number of rotatable bonds is 5. The van der Waals surface area contributed by atoms with Crippen LogP contribution < -0.4 is 5.32 Å². The summed E-state index contributed by atoms with van der Waals surface area (Å²) in [5.41, 5.74) is 0. The highest BCUT2D eigenvalue weighted by molar-refractivity contribution is 5.78. The monoisotopic (exact) mass is 309 g/mol. The quantitative estimate of drug-likeness (QED) is 0.781. The zero-order valence-corrected chi connectivity index (χ0v) is 12.9. The first-order valence-corrected chi connectivity index (χ1v) is 7.82. The van der Waals surface area contributed by atoms with Crippen LogP contribution in [0.25, 0.3) is 0 Å². The lowest BCUT2D eigenvalue weighted by molar-refractivity contribution is -0.125. The summed E-state index contributed by atoms with van der Waals surface area (Å²) >= 11 is 0. The second-order valence-electron chi connectivity index (χ2n) is 5.81. The third-order valence-corrected chi connectivity index (χ3v) is 3.97. The lowest BCUT2D eigenvalue weighted by atomic mass is 10.2. The van der Waals surface area contributed by atoms with E-state index >= 15 is 0 Å². The Bertz CT molecular complexity index is 500. The van der Waals surface area contributed by atoms with E-state index in [1.807, 2.05) is 6.92 Å². The molecule has 0 bridgehead atoms. The Balaban J connectivity index is 1.44. The summed E-state index contributed by atoms with van der Waals surface area (Å²) < 4.78 is 11.2. The van der Waals surface area contributed by atoms with Crippen molar-refractivity contribution in [2.75, 3.05) is 39.4 Å². The van der Waals surface area contributed by atoms with E-state index in [1.165, 1.54) is 0 Å². The van der Waals surface area contributed by atoms with Gasteiger partial charge in [0.1, 0.15) is 11.9 Å². The molecule has 0 radical (unpaired) electrons. The highest BCUT2D eigenvalue weighted by Gasteiger charge is 2.26. The highest BCUT2D eigenvalue weighted by Crippen LogP contribution is 2.18. The van der Waals surface area contributed by atoms with E-state index in [0.717, 1.165) is 31.8 Å². The van der Waals surface area contributed by atoms with Crippen molar-refractivity contribution in [1.82, 2.24) is 25.4 Å².